The van der Waals surface area contributed by atoms with Crippen LogP contribution in [0.3, 0.4) is 0 Å². The summed E-state index contributed by atoms with van der Waals surface area (Å²) in [4.78, 5) is 0. The summed E-state index contributed by atoms with van der Waals surface area (Å²) < 4.78 is 21.2. The molecule has 5 heteroatoms. The van der Waals surface area contributed by atoms with E-state index in [-0.39, 0.29) is 12.4 Å². The molecule has 2 N–H and O–H groups in total. The smallest absolute Gasteiger partial charge is 0.224 e. The molecule has 1 heterocycles. The number of anilines is 1. The zero-order valence-electron chi connectivity index (χ0n) is 14.1. The van der Waals surface area contributed by atoms with E-state index in [0.29, 0.717) is 23.0 Å². The fourth-order valence-corrected chi connectivity index (χ4v) is 2.66. The molecule has 4 nitrogen and oxygen atoms in total. The second kappa shape index (κ2) is 6.70. The van der Waals surface area contributed by atoms with Gasteiger partial charge in [-0.3, -0.25) is 4.57 Å². The minimum atomic E-state index is -0.326. The molecule has 0 aliphatic heterocycles. The molecule has 25 heavy (non-hydrogen) atoms. The molecule has 0 bridgehead atoms. The first-order valence-corrected chi connectivity index (χ1v) is 7.86. The summed E-state index contributed by atoms with van der Waals surface area (Å²) in [5.41, 5.74) is 9.54. The third-order valence-corrected chi connectivity index (χ3v) is 3.97. The van der Waals surface area contributed by atoms with E-state index in [1.807, 2.05) is 32.0 Å². The maximum Gasteiger partial charge on any atom is 0.224 e. The van der Waals surface area contributed by atoms with Crippen LogP contribution in [0.2, 0.25) is 0 Å². The third-order valence-electron chi connectivity index (χ3n) is 3.97. The molecular weight excluding hydrogens is 317 g/mol. The average Bonchev–Trinajstić information content (AvgIpc) is 2.87. The van der Waals surface area contributed by atoms with Crippen LogP contribution >= 0.6 is 0 Å². The van der Waals surface area contributed by atoms with E-state index in [4.69, 9.17) is 10.5 Å². The van der Waals surface area contributed by atoms with Crippen molar-refractivity contribution >= 4 is 5.69 Å². The molecule has 0 aliphatic rings. The van der Waals surface area contributed by atoms with Crippen molar-refractivity contribution < 1.29 is 9.13 Å². The lowest BCUT2D eigenvalue weighted by atomic mass is 10.1. The second-order valence-corrected chi connectivity index (χ2v) is 5.99. The van der Waals surface area contributed by atoms with Crippen molar-refractivity contribution in [3.05, 3.63) is 76.7 Å². The molecule has 0 saturated heterocycles. The van der Waals surface area contributed by atoms with Crippen LogP contribution < -0.4 is 10.5 Å². The fraction of sp³-hybridized carbons (Fsp3) is 0.150. The topological polar surface area (TPSA) is 64.0 Å². The number of nitrogens with zero attached hydrogens (tertiary/aromatic N) is 2. The second-order valence-electron chi connectivity index (χ2n) is 5.99. The Labute approximate surface area is 145 Å². The number of ether oxygens (including phenoxy) is 1. The van der Waals surface area contributed by atoms with Crippen molar-refractivity contribution in [1.29, 1.82) is 5.26 Å². The highest BCUT2D eigenvalue weighted by atomic mass is 19.1. The lowest BCUT2D eigenvalue weighted by Gasteiger charge is -2.14. The van der Waals surface area contributed by atoms with E-state index in [1.54, 1.807) is 22.8 Å². The minimum Gasteiger partial charge on any atom is -0.438 e. The zero-order chi connectivity index (χ0) is 18.0. The highest BCUT2D eigenvalue weighted by Gasteiger charge is 2.17. The Balaban J connectivity index is 2.03. The van der Waals surface area contributed by atoms with Gasteiger partial charge in [0.25, 0.3) is 0 Å². The van der Waals surface area contributed by atoms with Gasteiger partial charge < -0.3 is 10.5 Å². The lowest BCUT2D eigenvalue weighted by Crippen LogP contribution is -2.06. The van der Waals surface area contributed by atoms with Gasteiger partial charge in [-0.2, -0.15) is 5.26 Å². The summed E-state index contributed by atoms with van der Waals surface area (Å²) in [5, 5.41) is 9.40. The van der Waals surface area contributed by atoms with Crippen molar-refractivity contribution in [2.75, 3.05) is 5.73 Å². The summed E-state index contributed by atoms with van der Waals surface area (Å²) in [6.07, 6.45) is 0. The molecular formula is C20H18FN3O. The molecule has 0 spiro atoms. The molecule has 0 saturated carbocycles. The number of nitriles is 1. The van der Waals surface area contributed by atoms with Crippen LogP contribution in [0, 0.1) is 31.0 Å². The highest BCUT2D eigenvalue weighted by Crippen LogP contribution is 2.33. The van der Waals surface area contributed by atoms with Gasteiger partial charge in [0, 0.05) is 6.07 Å². The summed E-state index contributed by atoms with van der Waals surface area (Å²) in [6, 6.07) is 15.8. The molecule has 0 unspecified atom stereocenters. The zero-order valence-corrected chi connectivity index (χ0v) is 14.1. The summed E-state index contributed by atoms with van der Waals surface area (Å²) in [6.45, 7) is 4.20. The number of hydrogen-bond donors (Lipinski definition) is 1. The predicted octanol–water partition coefficient (Wildman–Crippen LogP) is 4.54. The number of benzene rings is 2. The van der Waals surface area contributed by atoms with Crippen LogP contribution in [-0.4, -0.2) is 4.57 Å². The van der Waals surface area contributed by atoms with Crippen molar-refractivity contribution in [1.82, 2.24) is 4.57 Å². The summed E-state index contributed by atoms with van der Waals surface area (Å²) >= 11 is 0. The Kier molecular flexibility index (Phi) is 4.44. The molecule has 0 atom stereocenters. The number of aromatic nitrogens is 1. The SMILES string of the molecule is Cc1ccc(C)c(Oc2c(N)cc(C#N)n2Cc2cccc(F)c2)c1. The van der Waals surface area contributed by atoms with E-state index in [1.165, 1.54) is 12.1 Å². The van der Waals surface area contributed by atoms with E-state index in [2.05, 4.69) is 6.07 Å². The van der Waals surface area contributed by atoms with Gasteiger partial charge in [0.2, 0.25) is 5.88 Å². The normalized spacial score (nSPS) is 10.5. The predicted molar refractivity (Wildman–Crippen MR) is 95.1 cm³/mol. The Morgan fingerprint density at radius 3 is 2.68 bits per heavy atom. The summed E-state index contributed by atoms with van der Waals surface area (Å²) in [5.74, 6) is 0.734. The number of aryl methyl sites for hydroxylation is 2. The fourth-order valence-electron chi connectivity index (χ4n) is 2.66. The number of rotatable bonds is 4. The molecule has 3 aromatic rings. The maximum atomic E-state index is 13.5. The van der Waals surface area contributed by atoms with Gasteiger partial charge in [-0.1, -0.05) is 24.3 Å². The molecule has 3 rings (SSSR count). The Hall–Kier alpha value is -3.26. The largest absolute Gasteiger partial charge is 0.438 e. The summed E-state index contributed by atoms with van der Waals surface area (Å²) in [7, 11) is 0. The van der Waals surface area contributed by atoms with Crippen molar-refractivity contribution in [2.24, 2.45) is 0 Å². The molecule has 126 valence electrons. The number of hydrogen-bond acceptors (Lipinski definition) is 3. The van der Waals surface area contributed by atoms with Crippen LogP contribution in [-0.2, 0) is 6.54 Å². The molecule has 0 fully saturated rings. The van der Waals surface area contributed by atoms with Gasteiger partial charge >= 0.3 is 0 Å². The van der Waals surface area contributed by atoms with Crippen molar-refractivity contribution in [3.63, 3.8) is 0 Å². The Bertz CT molecular complexity index is 970. The lowest BCUT2D eigenvalue weighted by molar-refractivity contribution is 0.434. The molecule has 0 radical (unpaired) electrons. The number of nitrogen functional groups attached to an aromatic ring is 1. The first-order valence-electron chi connectivity index (χ1n) is 7.86. The Morgan fingerprint density at radius 2 is 1.96 bits per heavy atom. The molecule has 1 aromatic heterocycles. The van der Waals surface area contributed by atoms with Gasteiger partial charge in [-0.05, 0) is 48.7 Å². The van der Waals surface area contributed by atoms with Gasteiger partial charge in [0.05, 0.1) is 12.2 Å². The van der Waals surface area contributed by atoms with Crippen LogP contribution in [0.5, 0.6) is 11.6 Å². The van der Waals surface area contributed by atoms with Gasteiger partial charge in [0.1, 0.15) is 23.3 Å². The van der Waals surface area contributed by atoms with E-state index in [0.717, 1.165) is 16.7 Å². The van der Waals surface area contributed by atoms with Gasteiger partial charge in [-0.15, -0.1) is 0 Å². The molecule has 2 aromatic carbocycles. The quantitative estimate of drug-likeness (QED) is 0.761. The minimum absolute atomic E-state index is 0.290. The van der Waals surface area contributed by atoms with E-state index < -0.39 is 0 Å². The van der Waals surface area contributed by atoms with Crippen LogP contribution in [0.25, 0.3) is 0 Å². The van der Waals surface area contributed by atoms with Crippen LogP contribution in [0.1, 0.15) is 22.4 Å². The number of halogens is 1. The average molecular weight is 335 g/mol. The highest BCUT2D eigenvalue weighted by molar-refractivity contribution is 5.57. The monoisotopic (exact) mass is 335 g/mol. The Morgan fingerprint density at radius 1 is 1.16 bits per heavy atom. The van der Waals surface area contributed by atoms with E-state index in [9.17, 15) is 9.65 Å². The standard InChI is InChI=1S/C20H18FN3O/c1-13-6-7-14(2)19(8-13)25-20-18(23)10-17(11-22)24(20)12-15-4-3-5-16(21)9-15/h3-10H,12,23H2,1-2H3. The van der Waals surface area contributed by atoms with Gasteiger partial charge in [-0.25, -0.2) is 4.39 Å². The first kappa shape index (κ1) is 16.6. The number of nitrogens with two attached hydrogens (primary N) is 1. The van der Waals surface area contributed by atoms with Crippen molar-refractivity contribution in [2.45, 2.75) is 20.4 Å². The van der Waals surface area contributed by atoms with E-state index >= 15 is 0 Å². The van der Waals surface area contributed by atoms with Crippen molar-refractivity contribution in [3.8, 4) is 17.7 Å². The molecule has 0 aliphatic carbocycles. The van der Waals surface area contributed by atoms with Crippen LogP contribution in [0.15, 0.2) is 48.5 Å². The third kappa shape index (κ3) is 3.48. The van der Waals surface area contributed by atoms with Crippen LogP contribution in [0.4, 0.5) is 10.1 Å². The molecule has 0 amide bonds. The van der Waals surface area contributed by atoms with Gasteiger partial charge in [0.15, 0.2) is 0 Å². The first-order chi connectivity index (χ1) is 12.0. The maximum absolute atomic E-state index is 13.5.